The van der Waals surface area contributed by atoms with Crippen molar-refractivity contribution < 1.29 is 4.74 Å². The van der Waals surface area contributed by atoms with Gasteiger partial charge in [0.15, 0.2) is 0 Å². The molecule has 1 aromatic rings. The van der Waals surface area contributed by atoms with Gasteiger partial charge in [-0.15, -0.1) is 11.8 Å². The van der Waals surface area contributed by atoms with Gasteiger partial charge in [0.1, 0.15) is 0 Å². The summed E-state index contributed by atoms with van der Waals surface area (Å²) in [6.07, 6.45) is 1.21. The Morgan fingerprint density at radius 3 is 3.20 bits per heavy atom. The van der Waals surface area contributed by atoms with Gasteiger partial charge in [0.25, 0.3) is 0 Å². The Kier molecular flexibility index (Phi) is 4.06. The highest BCUT2D eigenvalue weighted by Gasteiger charge is 2.18. The van der Waals surface area contributed by atoms with Gasteiger partial charge in [-0.1, -0.05) is 18.2 Å². The molecule has 1 aromatic carbocycles. The lowest BCUT2D eigenvalue weighted by molar-refractivity contribution is 0.195. The molecule has 15 heavy (non-hydrogen) atoms. The highest BCUT2D eigenvalue weighted by molar-refractivity contribution is 7.99. The molecule has 0 fully saturated rings. The van der Waals surface area contributed by atoms with Crippen LogP contribution in [0.3, 0.4) is 0 Å². The molecule has 0 spiro atoms. The molecule has 0 aromatic heterocycles. The molecular weight excluding hydrogens is 206 g/mol. The van der Waals surface area contributed by atoms with Gasteiger partial charge in [0.2, 0.25) is 0 Å². The molecule has 1 aliphatic rings. The number of benzene rings is 1. The fourth-order valence-electron chi connectivity index (χ4n) is 1.89. The summed E-state index contributed by atoms with van der Waals surface area (Å²) in [5.41, 5.74) is 1.45. The Labute approximate surface area is 95.4 Å². The van der Waals surface area contributed by atoms with E-state index in [2.05, 4.69) is 29.6 Å². The molecule has 0 bridgehead atoms. The summed E-state index contributed by atoms with van der Waals surface area (Å²) in [6.45, 7) is 1.71. The zero-order chi connectivity index (χ0) is 10.5. The van der Waals surface area contributed by atoms with E-state index in [9.17, 15) is 0 Å². The topological polar surface area (TPSA) is 21.3 Å². The van der Waals surface area contributed by atoms with Crippen LogP contribution in [0.1, 0.15) is 18.0 Å². The van der Waals surface area contributed by atoms with E-state index in [0.29, 0.717) is 6.04 Å². The van der Waals surface area contributed by atoms with Crippen molar-refractivity contribution >= 4 is 11.8 Å². The number of hydrogen-bond donors (Lipinski definition) is 1. The number of methoxy groups -OCH3 is 1. The van der Waals surface area contributed by atoms with Crippen molar-refractivity contribution in [3.8, 4) is 0 Å². The molecular formula is C12H17NOS. The smallest absolute Gasteiger partial charge is 0.0587 e. The minimum atomic E-state index is 0.512. The fourth-order valence-corrected chi connectivity index (χ4v) is 3.01. The monoisotopic (exact) mass is 223 g/mol. The van der Waals surface area contributed by atoms with Crippen molar-refractivity contribution in [2.75, 3.05) is 26.0 Å². The van der Waals surface area contributed by atoms with E-state index >= 15 is 0 Å². The van der Waals surface area contributed by atoms with Crippen LogP contribution < -0.4 is 5.32 Å². The standard InChI is InChI=1S/C12H17NOS/c1-14-8-7-13-11-6-9-15-12-5-3-2-4-10(11)12/h2-5,11,13H,6-9H2,1H3. The molecule has 0 aliphatic carbocycles. The summed E-state index contributed by atoms with van der Waals surface area (Å²) in [6, 6.07) is 9.19. The zero-order valence-corrected chi connectivity index (χ0v) is 9.85. The molecule has 0 saturated carbocycles. The molecule has 1 heterocycles. The van der Waals surface area contributed by atoms with Gasteiger partial charge in [-0.05, 0) is 23.8 Å². The first-order valence-electron chi connectivity index (χ1n) is 5.36. The third kappa shape index (κ3) is 2.74. The van der Waals surface area contributed by atoms with Crippen LogP contribution in [0.2, 0.25) is 0 Å². The van der Waals surface area contributed by atoms with Gasteiger partial charge in [-0.3, -0.25) is 0 Å². The van der Waals surface area contributed by atoms with Crippen molar-refractivity contribution in [2.24, 2.45) is 0 Å². The second kappa shape index (κ2) is 5.54. The first-order valence-corrected chi connectivity index (χ1v) is 6.34. The maximum atomic E-state index is 5.05. The number of fused-ring (bicyclic) bond motifs is 1. The average Bonchev–Trinajstić information content (AvgIpc) is 2.30. The van der Waals surface area contributed by atoms with Crippen molar-refractivity contribution in [1.29, 1.82) is 0 Å². The number of ether oxygens (including phenoxy) is 1. The normalized spacial score (nSPS) is 19.9. The van der Waals surface area contributed by atoms with E-state index in [1.165, 1.54) is 22.6 Å². The Balaban J connectivity index is 2.02. The van der Waals surface area contributed by atoms with Gasteiger partial charge in [0, 0.05) is 24.6 Å². The molecule has 2 nitrogen and oxygen atoms in total. The van der Waals surface area contributed by atoms with Crippen LogP contribution in [0.15, 0.2) is 29.2 Å². The van der Waals surface area contributed by atoms with Crippen molar-refractivity contribution in [3.63, 3.8) is 0 Å². The Morgan fingerprint density at radius 1 is 1.47 bits per heavy atom. The molecule has 0 saturated heterocycles. The maximum absolute atomic E-state index is 5.05. The van der Waals surface area contributed by atoms with Crippen molar-refractivity contribution in [3.05, 3.63) is 29.8 Å². The quantitative estimate of drug-likeness (QED) is 0.792. The van der Waals surface area contributed by atoms with Crippen LogP contribution in [-0.2, 0) is 4.74 Å². The molecule has 0 amide bonds. The minimum Gasteiger partial charge on any atom is -0.383 e. The van der Waals surface area contributed by atoms with Gasteiger partial charge in [0.05, 0.1) is 6.61 Å². The van der Waals surface area contributed by atoms with Gasteiger partial charge in [-0.25, -0.2) is 0 Å². The van der Waals surface area contributed by atoms with E-state index in [1.807, 2.05) is 11.8 Å². The lowest BCUT2D eigenvalue weighted by Crippen LogP contribution is -2.27. The lowest BCUT2D eigenvalue weighted by Gasteiger charge is -2.25. The van der Waals surface area contributed by atoms with Crippen LogP contribution in [0.5, 0.6) is 0 Å². The molecule has 1 unspecified atom stereocenters. The molecule has 3 heteroatoms. The summed E-state index contributed by atoms with van der Waals surface area (Å²) in [7, 11) is 1.74. The number of rotatable bonds is 4. The molecule has 2 rings (SSSR count). The van der Waals surface area contributed by atoms with E-state index < -0.39 is 0 Å². The summed E-state index contributed by atoms with van der Waals surface area (Å²) >= 11 is 1.96. The fraction of sp³-hybridized carbons (Fsp3) is 0.500. The first-order chi connectivity index (χ1) is 7.42. The van der Waals surface area contributed by atoms with E-state index in [4.69, 9.17) is 4.74 Å². The van der Waals surface area contributed by atoms with Gasteiger partial charge >= 0.3 is 0 Å². The van der Waals surface area contributed by atoms with E-state index in [0.717, 1.165) is 13.2 Å². The van der Waals surface area contributed by atoms with Gasteiger partial charge < -0.3 is 10.1 Å². The molecule has 1 N–H and O–H groups in total. The van der Waals surface area contributed by atoms with Crippen LogP contribution >= 0.6 is 11.8 Å². The molecule has 1 atom stereocenters. The second-order valence-corrected chi connectivity index (χ2v) is 4.81. The van der Waals surface area contributed by atoms with Crippen LogP contribution in [0.25, 0.3) is 0 Å². The third-order valence-electron chi connectivity index (χ3n) is 2.66. The molecule has 1 aliphatic heterocycles. The van der Waals surface area contributed by atoms with Crippen LogP contribution in [0, 0.1) is 0 Å². The summed E-state index contributed by atoms with van der Waals surface area (Å²) in [5, 5.41) is 3.54. The van der Waals surface area contributed by atoms with Gasteiger partial charge in [-0.2, -0.15) is 0 Å². The predicted molar refractivity (Wildman–Crippen MR) is 64.4 cm³/mol. The largest absolute Gasteiger partial charge is 0.383 e. The summed E-state index contributed by atoms with van der Waals surface area (Å²) in [5.74, 6) is 1.21. The van der Waals surface area contributed by atoms with Crippen LogP contribution in [-0.4, -0.2) is 26.0 Å². The predicted octanol–water partition coefficient (Wildman–Crippen LogP) is 2.46. The van der Waals surface area contributed by atoms with E-state index in [-0.39, 0.29) is 0 Å². The average molecular weight is 223 g/mol. The minimum absolute atomic E-state index is 0.512. The summed E-state index contributed by atoms with van der Waals surface area (Å²) < 4.78 is 5.05. The van der Waals surface area contributed by atoms with Crippen LogP contribution in [0.4, 0.5) is 0 Å². The zero-order valence-electron chi connectivity index (χ0n) is 9.03. The number of nitrogens with one attached hydrogen (secondary N) is 1. The number of hydrogen-bond acceptors (Lipinski definition) is 3. The number of thioether (sulfide) groups is 1. The third-order valence-corrected chi connectivity index (χ3v) is 3.78. The molecule has 82 valence electrons. The maximum Gasteiger partial charge on any atom is 0.0587 e. The highest BCUT2D eigenvalue weighted by Crippen LogP contribution is 2.35. The van der Waals surface area contributed by atoms with Crippen molar-refractivity contribution in [2.45, 2.75) is 17.4 Å². The SMILES string of the molecule is COCCNC1CCSc2ccccc21. The second-order valence-electron chi connectivity index (χ2n) is 3.67. The van der Waals surface area contributed by atoms with E-state index in [1.54, 1.807) is 7.11 Å². The Morgan fingerprint density at radius 2 is 2.33 bits per heavy atom. The lowest BCUT2D eigenvalue weighted by atomic mass is 10.0. The Bertz CT molecular complexity index is 316. The summed E-state index contributed by atoms with van der Waals surface area (Å²) in [4.78, 5) is 1.43. The van der Waals surface area contributed by atoms with Crippen molar-refractivity contribution in [1.82, 2.24) is 5.32 Å². The molecule has 0 radical (unpaired) electrons. The highest BCUT2D eigenvalue weighted by atomic mass is 32.2. The Hall–Kier alpha value is -0.510. The first kappa shape index (κ1) is 11.0.